The number of esters is 1. The van der Waals surface area contributed by atoms with Crippen molar-refractivity contribution in [1.29, 1.82) is 0 Å². The molecule has 1 aromatic carbocycles. The molecule has 1 aromatic heterocycles. The van der Waals surface area contributed by atoms with Gasteiger partial charge in [-0.15, -0.1) is 0 Å². The van der Waals surface area contributed by atoms with Crippen LogP contribution in [0, 0.1) is 6.92 Å². The number of ether oxygens (including phenoxy) is 1. The molecule has 0 N–H and O–H groups in total. The van der Waals surface area contributed by atoms with Crippen molar-refractivity contribution < 1.29 is 9.53 Å². The molecular weight excluding hydrogens is 336 g/mol. The second kappa shape index (κ2) is 7.89. The summed E-state index contributed by atoms with van der Waals surface area (Å²) in [5, 5.41) is 1.06. The average molecular weight is 367 g/mol. The van der Waals surface area contributed by atoms with E-state index >= 15 is 0 Å². The van der Waals surface area contributed by atoms with Crippen LogP contribution in [0.25, 0.3) is 17.0 Å². The van der Waals surface area contributed by atoms with Crippen LogP contribution in [-0.4, -0.2) is 41.2 Å². The Kier molecular flexibility index (Phi) is 5.35. The molecule has 4 heteroatoms. The number of allylic oxidation sites excluding steroid dienone is 1. The zero-order valence-electron chi connectivity index (χ0n) is 16.5. The second-order valence-corrected chi connectivity index (χ2v) is 7.87. The Morgan fingerprint density at radius 3 is 2.81 bits per heavy atom. The fourth-order valence-corrected chi connectivity index (χ4v) is 4.46. The lowest BCUT2D eigenvalue weighted by molar-refractivity contribution is 0.0114. The van der Waals surface area contributed by atoms with E-state index in [9.17, 15) is 4.79 Å². The molecule has 1 saturated heterocycles. The summed E-state index contributed by atoms with van der Waals surface area (Å²) in [5.41, 5.74) is 4.06. The summed E-state index contributed by atoms with van der Waals surface area (Å²) in [5.74, 6) is -0.151. The highest BCUT2D eigenvalue weighted by Crippen LogP contribution is 2.33. The van der Waals surface area contributed by atoms with E-state index in [-0.39, 0.29) is 12.1 Å². The van der Waals surface area contributed by atoms with E-state index in [1.807, 2.05) is 0 Å². The first kappa shape index (κ1) is 18.3. The summed E-state index contributed by atoms with van der Waals surface area (Å²) < 4.78 is 8.28. The second-order valence-electron chi connectivity index (χ2n) is 7.87. The average Bonchev–Trinajstić information content (AvgIpc) is 3.03. The molecule has 0 saturated carbocycles. The van der Waals surface area contributed by atoms with Gasteiger partial charge in [-0.1, -0.05) is 31.6 Å². The van der Waals surface area contributed by atoms with Crippen LogP contribution in [0.1, 0.15) is 60.6 Å². The van der Waals surface area contributed by atoms with E-state index in [1.54, 1.807) is 0 Å². The highest BCUT2D eigenvalue weighted by molar-refractivity contribution is 6.09. The topological polar surface area (TPSA) is 34.5 Å². The fraction of sp³-hybridized carbons (Fsp3) is 0.522. The zero-order valence-corrected chi connectivity index (χ0v) is 16.5. The smallest absolute Gasteiger partial charge is 0.341 e. The van der Waals surface area contributed by atoms with Crippen molar-refractivity contribution in [3.63, 3.8) is 0 Å². The first-order valence-electron chi connectivity index (χ1n) is 10.4. The molecule has 0 bridgehead atoms. The molecule has 144 valence electrons. The Morgan fingerprint density at radius 2 is 2.04 bits per heavy atom. The quantitative estimate of drug-likeness (QED) is 0.714. The van der Waals surface area contributed by atoms with Gasteiger partial charge in [-0.3, -0.25) is 0 Å². The maximum absolute atomic E-state index is 13.2. The van der Waals surface area contributed by atoms with Gasteiger partial charge in [-0.2, -0.15) is 0 Å². The molecule has 4 rings (SSSR count). The van der Waals surface area contributed by atoms with Gasteiger partial charge in [0.05, 0.1) is 11.3 Å². The molecule has 2 aliphatic rings. The number of unbranched alkanes of at least 4 members (excludes halogenated alkanes) is 1. The zero-order chi connectivity index (χ0) is 18.8. The SMILES string of the molecule is CCCCN1CCC(OC(=O)c2c3n(c4cccc(C)c24)CCC=C3)CC1. The Hall–Kier alpha value is -2.07. The molecule has 4 nitrogen and oxygen atoms in total. The van der Waals surface area contributed by atoms with Gasteiger partial charge in [0.15, 0.2) is 0 Å². The number of hydrogen-bond donors (Lipinski definition) is 0. The third-order valence-electron chi connectivity index (χ3n) is 5.97. The minimum absolute atomic E-state index is 0.0394. The van der Waals surface area contributed by atoms with E-state index < -0.39 is 0 Å². The van der Waals surface area contributed by atoms with Gasteiger partial charge in [-0.25, -0.2) is 4.79 Å². The number of aryl methyl sites for hydroxylation is 2. The van der Waals surface area contributed by atoms with Gasteiger partial charge in [0.25, 0.3) is 0 Å². The van der Waals surface area contributed by atoms with E-state index in [0.29, 0.717) is 0 Å². The van der Waals surface area contributed by atoms with Gasteiger partial charge in [-0.05, 0) is 56.9 Å². The Morgan fingerprint density at radius 1 is 1.22 bits per heavy atom. The molecule has 2 aliphatic heterocycles. The lowest BCUT2D eigenvalue weighted by Crippen LogP contribution is -2.38. The largest absolute Gasteiger partial charge is 0.459 e. The van der Waals surface area contributed by atoms with Crippen LogP contribution in [0.2, 0.25) is 0 Å². The molecule has 0 amide bonds. The maximum Gasteiger partial charge on any atom is 0.341 e. The number of hydrogen-bond acceptors (Lipinski definition) is 3. The molecule has 1 fully saturated rings. The van der Waals surface area contributed by atoms with Crippen molar-refractivity contribution in [2.75, 3.05) is 19.6 Å². The number of nitrogens with zero attached hydrogens (tertiary/aromatic N) is 2. The number of piperidine rings is 1. The maximum atomic E-state index is 13.2. The first-order chi connectivity index (χ1) is 13.2. The van der Waals surface area contributed by atoms with Gasteiger partial charge in [0.2, 0.25) is 0 Å². The molecule has 0 spiro atoms. The lowest BCUT2D eigenvalue weighted by Gasteiger charge is -2.31. The molecule has 0 atom stereocenters. The molecule has 0 radical (unpaired) electrons. The summed E-state index contributed by atoms with van der Waals surface area (Å²) in [7, 11) is 0. The highest BCUT2D eigenvalue weighted by Gasteiger charge is 2.28. The minimum Gasteiger partial charge on any atom is -0.459 e. The van der Waals surface area contributed by atoms with E-state index in [1.165, 1.54) is 19.4 Å². The molecular formula is C23H30N2O2. The fourth-order valence-electron chi connectivity index (χ4n) is 4.46. The van der Waals surface area contributed by atoms with E-state index in [4.69, 9.17) is 4.74 Å². The Labute approximate surface area is 161 Å². The van der Waals surface area contributed by atoms with Crippen LogP contribution >= 0.6 is 0 Å². The van der Waals surface area contributed by atoms with Crippen molar-refractivity contribution in [2.24, 2.45) is 0 Å². The van der Waals surface area contributed by atoms with Crippen LogP contribution in [0.4, 0.5) is 0 Å². The van der Waals surface area contributed by atoms with Gasteiger partial charge >= 0.3 is 5.97 Å². The standard InChI is InChI=1S/C23H30N2O2/c1-3-4-13-24-15-11-18(12-16-24)27-23(26)22-20-9-5-6-14-25(20)19-10-7-8-17(2)21(19)22/h5,7-10,18H,3-4,6,11-16H2,1-2H3. The Balaban J connectivity index is 1.55. The number of rotatable bonds is 5. The van der Waals surface area contributed by atoms with Crippen molar-refractivity contribution in [3.05, 3.63) is 41.1 Å². The predicted molar refractivity (Wildman–Crippen MR) is 110 cm³/mol. The summed E-state index contributed by atoms with van der Waals surface area (Å²) in [6.07, 6.45) is 9.66. The van der Waals surface area contributed by atoms with Crippen LogP contribution in [0.3, 0.4) is 0 Å². The van der Waals surface area contributed by atoms with Crippen LogP contribution in [-0.2, 0) is 11.3 Å². The van der Waals surface area contributed by atoms with Crippen LogP contribution in [0.15, 0.2) is 24.3 Å². The molecule has 0 unspecified atom stereocenters. The van der Waals surface area contributed by atoms with Gasteiger partial charge in [0, 0.05) is 30.5 Å². The third kappa shape index (κ3) is 3.55. The molecule has 3 heterocycles. The summed E-state index contributed by atoms with van der Waals surface area (Å²) >= 11 is 0. The van der Waals surface area contributed by atoms with Crippen LogP contribution in [0.5, 0.6) is 0 Å². The summed E-state index contributed by atoms with van der Waals surface area (Å²) in [6.45, 7) is 8.47. The van der Waals surface area contributed by atoms with Crippen molar-refractivity contribution in [3.8, 4) is 0 Å². The van der Waals surface area contributed by atoms with E-state index in [2.05, 4.69) is 53.7 Å². The highest BCUT2D eigenvalue weighted by atomic mass is 16.5. The molecule has 27 heavy (non-hydrogen) atoms. The first-order valence-corrected chi connectivity index (χ1v) is 10.4. The molecule has 0 aliphatic carbocycles. The normalized spacial score (nSPS) is 18.0. The number of benzene rings is 1. The van der Waals surface area contributed by atoms with Crippen molar-refractivity contribution in [1.82, 2.24) is 9.47 Å². The van der Waals surface area contributed by atoms with E-state index in [0.717, 1.165) is 66.6 Å². The lowest BCUT2D eigenvalue weighted by atomic mass is 10.0. The number of aromatic nitrogens is 1. The number of carbonyl (C=O) groups excluding carboxylic acids is 1. The number of fused-ring (bicyclic) bond motifs is 3. The van der Waals surface area contributed by atoms with Crippen LogP contribution < -0.4 is 0 Å². The van der Waals surface area contributed by atoms with Crippen molar-refractivity contribution in [2.45, 2.75) is 58.6 Å². The van der Waals surface area contributed by atoms with Gasteiger partial charge < -0.3 is 14.2 Å². The summed E-state index contributed by atoms with van der Waals surface area (Å²) in [6, 6.07) is 6.28. The third-order valence-corrected chi connectivity index (χ3v) is 5.97. The number of likely N-dealkylation sites (tertiary alicyclic amines) is 1. The predicted octanol–water partition coefficient (Wildman–Crippen LogP) is 4.79. The molecule has 2 aromatic rings. The van der Waals surface area contributed by atoms with Gasteiger partial charge in [0.1, 0.15) is 6.10 Å². The number of carbonyl (C=O) groups is 1. The Bertz CT molecular complexity index is 857. The summed E-state index contributed by atoms with van der Waals surface area (Å²) in [4.78, 5) is 15.7. The minimum atomic E-state index is -0.151. The van der Waals surface area contributed by atoms with Crippen molar-refractivity contribution >= 4 is 22.9 Å². The monoisotopic (exact) mass is 366 g/mol.